The number of benzene rings is 2. The lowest BCUT2D eigenvalue weighted by atomic mass is 10.2. The van der Waals surface area contributed by atoms with Crippen LogP contribution in [-0.2, 0) is 6.54 Å². The Morgan fingerprint density at radius 3 is 2.72 bits per heavy atom. The summed E-state index contributed by atoms with van der Waals surface area (Å²) in [5.41, 5.74) is 3.92. The van der Waals surface area contributed by atoms with Gasteiger partial charge in [-0.3, -0.25) is 5.10 Å². The first-order chi connectivity index (χ1) is 14.3. The maximum Gasteiger partial charge on any atom is 0.229 e. The third-order valence-electron chi connectivity index (χ3n) is 4.39. The van der Waals surface area contributed by atoms with Gasteiger partial charge in [-0.05, 0) is 42.0 Å². The molecule has 142 valence electrons. The summed E-state index contributed by atoms with van der Waals surface area (Å²) in [6, 6.07) is 15.8. The minimum absolute atomic E-state index is 0.515. The number of rotatable bonds is 6. The normalized spacial score (nSPS) is 10.9. The highest BCUT2D eigenvalue weighted by atomic mass is 15.3. The van der Waals surface area contributed by atoms with Gasteiger partial charge in [0, 0.05) is 23.0 Å². The molecule has 3 N–H and O–H groups in total. The van der Waals surface area contributed by atoms with E-state index >= 15 is 0 Å². The zero-order valence-electron chi connectivity index (χ0n) is 15.3. The highest BCUT2D eigenvalue weighted by molar-refractivity contribution is 5.82. The first-order valence-corrected chi connectivity index (χ1v) is 9.03. The lowest BCUT2D eigenvalue weighted by Gasteiger charge is -2.09. The van der Waals surface area contributed by atoms with Crippen molar-refractivity contribution in [1.29, 1.82) is 0 Å². The van der Waals surface area contributed by atoms with Crippen molar-refractivity contribution in [2.24, 2.45) is 0 Å². The number of H-pyrrole nitrogens is 1. The molecule has 9 nitrogen and oxygen atoms in total. The molecule has 0 aliphatic rings. The van der Waals surface area contributed by atoms with Crippen molar-refractivity contribution >= 4 is 34.0 Å². The monoisotopic (exact) mass is 383 g/mol. The molecule has 0 spiro atoms. The van der Waals surface area contributed by atoms with Crippen LogP contribution in [0.4, 0.5) is 23.1 Å². The topological polar surface area (TPSA) is 109 Å². The largest absolute Gasteiger partial charge is 0.340 e. The van der Waals surface area contributed by atoms with Crippen molar-refractivity contribution in [1.82, 2.24) is 34.9 Å². The molecule has 0 atom stereocenters. The van der Waals surface area contributed by atoms with Gasteiger partial charge in [-0.2, -0.15) is 15.2 Å². The second-order valence-corrected chi connectivity index (χ2v) is 6.48. The van der Waals surface area contributed by atoms with Crippen molar-refractivity contribution < 1.29 is 0 Å². The van der Waals surface area contributed by atoms with E-state index in [1.807, 2.05) is 48.5 Å². The molecular formula is C20H17N9. The molecule has 3 aromatic heterocycles. The maximum atomic E-state index is 4.53. The fraction of sp³-hybridized carbons (Fsp3) is 0.0500. The van der Waals surface area contributed by atoms with E-state index < -0.39 is 0 Å². The van der Waals surface area contributed by atoms with Crippen LogP contribution in [0.1, 0.15) is 5.56 Å². The third kappa shape index (κ3) is 3.88. The molecule has 5 aromatic rings. The highest BCUT2D eigenvalue weighted by Crippen LogP contribution is 2.21. The predicted octanol–water partition coefficient (Wildman–Crippen LogP) is 3.48. The summed E-state index contributed by atoms with van der Waals surface area (Å²) in [6.07, 6.45) is 6.73. The number of aromatic nitrogens is 7. The van der Waals surface area contributed by atoms with Crippen molar-refractivity contribution in [3.8, 4) is 0 Å². The smallest absolute Gasteiger partial charge is 0.229 e. The molecule has 0 unspecified atom stereocenters. The van der Waals surface area contributed by atoms with Crippen molar-refractivity contribution in [2.45, 2.75) is 6.54 Å². The summed E-state index contributed by atoms with van der Waals surface area (Å²) in [7, 11) is 0. The van der Waals surface area contributed by atoms with Crippen LogP contribution in [-0.4, -0.2) is 34.9 Å². The number of hydrogen-bond acceptors (Lipinski definition) is 7. The van der Waals surface area contributed by atoms with Crippen LogP contribution in [0.2, 0.25) is 0 Å². The van der Waals surface area contributed by atoms with Crippen molar-refractivity contribution in [2.75, 3.05) is 10.6 Å². The molecule has 9 heteroatoms. The van der Waals surface area contributed by atoms with E-state index in [-0.39, 0.29) is 0 Å². The van der Waals surface area contributed by atoms with Gasteiger partial charge in [-0.25, -0.2) is 14.6 Å². The van der Waals surface area contributed by atoms with Gasteiger partial charge < -0.3 is 10.6 Å². The number of nitrogens with zero attached hydrogens (tertiary/aromatic N) is 6. The molecule has 0 aliphatic carbocycles. The number of aromatic amines is 1. The van der Waals surface area contributed by atoms with Gasteiger partial charge in [0.25, 0.3) is 0 Å². The Kier molecular flexibility index (Phi) is 4.30. The molecule has 0 fully saturated rings. The van der Waals surface area contributed by atoms with Gasteiger partial charge in [0.15, 0.2) is 0 Å². The second kappa shape index (κ2) is 7.39. The molecule has 3 heterocycles. The first-order valence-electron chi connectivity index (χ1n) is 9.03. The number of nitrogens with one attached hydrogen (secondary N) is 3. The van der Waals surface area contributed by atoms with Crippen LogP contribution in [0.25, 0.3) is 10.9 Å². The lowest BCUT2D eigenvalue weighted by Crippen LogP contribution is -2.02. The van der Waals surface area contributed by atoms with Crippen molar-refractivity contribution in [3.05, 3.63) is 79.1 Å². The fourth-order valence-electron chi connectivity index (χ4n) is 2.98. The average molecular weight is 383 g/mol. The molecular weight excluding hydrogens is 366 g/mol. The van der Waals surface area contributed by atoms with Crippen LogP contribution in [0.3, 0.4) is 0 Å². The SMILES string of the molecule is c1cc(Nc2ccc3cn[nH]c3c2)nc(Nc2ccc(Cn3cncn3)cc2)n1. The molecule has 0 radical (unpaired) electrons. The van der Waals surface area contributed by atoms with E-state index in [9.17, 15) is 0 Å². The van der Waals surface area contributed by atoms with Crippen LogP contribution in [0, 0.1) is 0 Å². The molecule has 0 saturated heterocycles. The Balaban J connectivity index is 1.28. The molecule has 0 bridgehead atoms. The van der Waals surface area contributed by atoms with Gasteiger partial charge in [0.1, 0.15) is 18.5 Å². The van der Waals surface area contributed by atoms with E-state index in [0.717, 1.165) is 27.8 Å². The van der Waals surface area contributed by atoms with Crippen molar-refractivity contribution in [3.63, 3.8) is 0 Å². The maximum absolute atomic E-state index is 4.53. The Hall–Kier alpha value is -4.27. The summed E-state index contributed by atoms with van der Waals surface area (Å²) >= 11 is 0. The van der Waals surface area contributed by atoms with E-state index in [0.29, 0.717) is 18.3 Å². The van der Waals surface area contributed by atoms with Crippen LogP contribution in [0.5, 0.6) is 0 Å². The second-order valence-electron chi connectivity index (χ2n) is 6.48. The van der Waals surface area contributed by atoms with Gasteiger partial charge in [0.05, 0.1) is 18.3 Å². The molecule has 5 rings (SSSR count). The van der Waals surface area contributed by atoms with E-state index in [2.05, 4.69) is 40.9 Å². The third-order valence-corrected chi connectivity index (χ3v) is 4.39. The number of fused-ring (bicyclic) bond motifs is 1. The Labute approximate surface area is 165 Å². The van der Waals surface area contributed by atoms with E-state index in [1.54, 1.807) is 23.4 Å². The zero-order chi connectivity index (χ0) is 19.5. The molecule has 29 heavy (non-hydrogen) atoms. The quantitative estimate of drug-likeness (QED) is 0.412. The summed E-state index contributed by atoms with van der Waals surface area (Å²) in [5, 5.41) is 18.7. The lowest BCUT2D eigenvalue weighted by molar-refractivity contribution is 0.685. The zero-order valence-corrected chi connectivity index (χ0v) is 15.3. The number of hydrogen-bond donors (Lipinski definition) is 3. The molecule has 0 amide bonds. The van der Waals surface area contributed by atoms with Gasteiger partial charge >= 0.3 is 0 Å². The Morgan fingerprint density at radius 2 is 1.86 bits per heavy atom. The fourth-order valence-corrected chi connectivity index (χ4v) is 2.98. The summed E-state index contributed by atoms with van der Waals surface area (Å²) in [4.78, 5) is 12.8. The van der Waals surface area contributed by atoms with Gasteiger partial charge in [-0.1, -0.05) is 12.1 Å². The van der Waals surface area contributed by atoms with Gasteiger partial charge in [-0.15, -0.1) is 0 Å². The highest BCUT2D eigenvalue weighted by Gasteiger charge is 2.03. The average Bonchev–Trinajstić information content (AvgIpc) is 3.41. The van der Waals surface area contributed by atoms with Gasteiger partial charge in [0.2, 0.25) is 5.95 Å². The van der Waals surface area contributed by atoms with E-state index in [1.165, 1.54) is 6.33 Å². The summed E-state index contributed by atoms with van der Waals surface area (Å²) < 4.78 is 1.78. The van der Waals surface area contributed by atoms with E-state index in [4.69, 9.17) is 0 Å². The standard InChI is InChI=1S/C20H17N9/c1-4-16(5-2-14(1)11-29-13-21-12-24-29)26-20-22-8-7-19(27-20)25-17-6-3-15-10-23-28-18(15)9-17/h1-10,12-13H,11H2,(H,23,28)(H2,22,25,26,27). The van der Waals surface area contributed by atoms with Crippen LogP contribution in [0.15, 0.2) is 73.6 Å². The molecule has 2 aromatic carbocycles. The van der Waals surface area contributed by atoms with Crippen LogP contribution >= 0.6 is 0 Å². The predicted molar refractivity (Wildman–Crippen MR) is 110 cm³/mol. The minimum atomic E-state index is 0.515. The summed E-state index contributed by atoms with van der Waals surface area (Å²) in [5.74, 6) is 1.21. The molecule has 0 aliphatic heterocycles. The first kappa shape index (κ1) is 16.9. The number of anilines is 4. The Morgan fingerprint density at radius 1 is 0.966 bits per heavy atom. The van der Waals surface area contributed by atoms with Crippen LogP contribution < -0.4 is 10.6 Å². The summed E-state index contributed by atoms with van der Waals surface area (Å²) in [6.45, 7) is 0.677. The molecule has 0 saturated carbocycles. The Bertz CT molecular complexity index is 1230. The minimum Gasteiger partial charge on any atom is -0.340 e.